The number of carbonyl (C=O) groups is 1. The highest BCUT2D eigenvalue weighted by molar-refractivity contribution is 5.80. The third-order valence-electron chi connectivity index (χ3n) is 3.58. The van der Waals surface area contributed by atoms with Crippen molar-refractivity contribution in [3.8, 4) is 0 Å². The fraction of sp³-hybridized carbons (Fsp3) is 0.917. The number of ether oxygens (including phenoxy) is 1. The SMILES string of the molecule is CC1CCNCC1OC1CCCCNC1=O. The van der Waals surface area contributed by atoms with Gasteiger partial charge in [0.1, 0.15) is 6.10 Å². The van der Waals surface area contributed by atoms with E-state index in [1.165, 1.54) is 0 Å². The number of amides is 1. The first-order valence-corrected chi connectivity index (χ1v) is 6.41. The van der Waals surface area contributed by atoms with Gasteiger partial charge in [-0.2, -0.15) is 0 Å². The summed E-state index contributed by atoms with van der Waals surface area (Å²) in [6.45, 7) is 4.96. The van der Waals surface area contributed by atoms with Gasteiger partial charge in [-0.15, -0.1) is 0 Å². The van der Waals surface area contributed by atoms with Crippen LogP contribution in [0.2, 0.25) is 0 Å². The van der Waals surface area contributed by atoms with Crippen molar-refractivity contribution in [2.75, 3.05) is 19.6 Å². The summed E-state index contributed by atoms with van der Waals surface area (Å²) in [7, 11) is 0. The van der Waals surface area contributed by atoms with Gasteiger partial charge in [0.25, 0.3) is 0 Å². The second-order valence-electron chi connectivity index (χ2n) is 4.92. The monoisotopic (exact) mass is 226 g/mol. The van der Waals surface area contributed by atoms with Crippen LogP contribution in [0.4, 0.5) is 0 Å². The van der Waals surface area contributed by atoms with Gasteiger partial charge in [-0.1, -0.05) is 6.92 Å². The molecule has 2 aliphatic rings. The highest BCUT2D eigenvalue weighted by Gasteiger charge is 2.29. The van der Waals surface area contributed by atoms with Gasteiger partial charge in [0.05, 0.1) is 6.10 Å². The first kappa shape index (κ1) is 11.9. The van der Waals surface area contributed by atoms with Crippen molar-refractivity contribution in [1.29, 1.82) is 0 Å². The highest BCUT2D eigenvalue weighted by Crippen LogP contribution is 2.19. The molecule has 1 amide bonds. The Hall–Kier alpha value is -0.610. The molecule has 2 rings (SSSR count). The van der Waals surface area contributed by atoms with E-state index in [2.05, 4.69) is 17.6 Å². The van der Waals surface area contributed by atoms with Gasteiger partial charge < -0.3 is 15.4 Å². The van der Waals surface area contributed by atoms with Crippen molar-refractivity contribution in [1.82, 2.24) is 10.6 Å². The van der Waals surface area contributed by atoms with E-state index >= 15 is 0 Å². The van der Waals surface area contributed by atoms with Crippen molar-refractivity contribution in [3.05, 3.63) is 0 Å². The molecule has 3 unspecified atom stereocenters. The molecule has 3 atom stereocenters. The maximum absolute atomic E-state index is 11.7. The summed E-state index contributed by atoms with van der Waals surface area (Å²) in [5, 5.41) is 6.24. The first-order valence-electron chi connectivity index (χ1n) is 6.41. The predicted octanol–water partition coefficient (Wildman–Crippen LogP) is 0.670. The number of piperidine rings is 1. The van der Waals surface area contributed by atoms with Crippen LogP contribution in [0, 0.1) is 5.92 Å². The Labute approximate surface area is 97.1 Å². The molecule has 2 heterocycles. The second-order valence-corrected chi connectivity index (χ2v) is 4.92. The lowest BCUT2D eigenvalue weighted by Gasteiger charge is -2.32. The minimum absolute atomic E-state index is 0.0790. The van der Waals surface area contributed by atoms with Crippen LogP contribution >= 0.6 is 0 Å². The Balaban J connectivity index is 1.88. The van der Waals surface area contributed by atoms with E-state index in [9.17, 15) is 4.79 Å². The van der Waals surface area contributed by atoms with Crippen molar-refractivity contribution in [2.24, 2.45) is 5.92 Å². The van der Waals surface area contributed by atoms with E-state index in [1.807, 2.05) is 0 Å². The minimum Gasteiger partial charge on any atom is -0.364 e. The van der Waals surface area contributed by atoms with Gasteiger partial charge >= 0.3 is 0 Å². The van der Waals surface area contributed by atoms with E-state index in [-0.39, 0.29) is 18.1 Å². The topological polar surface area (TPSA) is 50.4 Å². The van der Waals surface area contributed by atoms with E-state index in [0.29, 0.717) is 5.92 Å². The maximum atomic E-state index is 11.7. The quantitative estimate of drug-likeness (QED) is 0.727. The first-order chi connectivity index (χ1) is 7.77. The van der Waals surface area contributed by atoms with E-state index < -0.39 is 0 Å². The number of rotatable bonds is 2. The number of carbonyl (C=O) groups excluding carboxylic acids is 1. The molecule has 2 fully saturated rings. The van der Waals surface area contributed by atoms with Crippen molar-refractivity contribution in [2.45, 2.75) is 44.8 Å². The van der Waals surface area contributed by atoms with Crippen LogP contribution in [0.1, 0.15) is 32.6 Å². The van der Waals surface area contributed by atoms with Crippen LogP contribution in [0.25, 0.3) is 0 Å². The Bertz CT molecular complexity index is 245. The average Bonchev–Trinajstić information content (AvgIpc) is 2.48. The standard InChI is InChI=1S/C12H22N2O2/c1-9-5-7-13-8-11(9)16-10-4-2-3-6-14-12(10)15/h9-11,13H,2-8H2,1H3,(H,14,15). The molecular formula is C12H22N2O2. The Morgan fingerprint density at radius 1 is 1.25 bits per heavy atom. The van der Waals surface area contributed by atoms with Crippen LogP contribution in [0.5, 0.6) is 0 Å². The molecule has 0 bridgehead atoms. The molecule has 0 aromatic carbocycles. The summed E-state index contributed by atoms with van der Waals surface area (Å²) in [5.41, 5.74) is 0. The predicted molar refractivity (Wildman–Crippen MR) is 62.2 cm³/mol. The second kappa shape index (κ2) is 5.64. The van der Waals surface area contributed by atoms with Crippen molar-refractivity contribution in [3.63, 3.8) is 0 Å². The Morgan fingerprint density at radius 2 is 2.12 bits per heavy atom. The van der Waals surface area contributed by atoms with E-state index in [4.69, 9.17) is 4.74 Å². The summed E-state index contributed by atoms with van der Waals surface area (Å²) >= 11 is 0. The van der Waals surface area contributed by atoms with Gasteiger partial charge in [0, 0.05) is 13.1 Å². The smallest absolute Gasteiger partial charge is 0.249 e. The third kappa shape index (κ3) is 2.95. The summed E-state index contributed by atoms with van der Waals surface area (Å²) in [4.78, 5) is 11.7. The fourth-order valence-corrected chi connectivity index (χ4v) is 2.40. The molecule has 0 radical (unpaired) electrons. The molecule has 0 saturated carbocycles. The summed E-state index contributed by atoms with van der Waals surface area (Å²) in [6.07, 6.45) is 4.13. The summed E-state index contributed by atoms with van der Waals surface area (Å²) in [5.74, 6) is 0.632. The molecule has 0 aliphatic carbocycles. The third-order valence-corrected chi connectivity index (χ3v) is 3.58. The van der Waals surface area contributed by atoms with Crippen LogP contribution in [0.3, 0.4) is 0 Å². The van der Waals surface area contributed by atoms with Crippen molar-refractivity contribution < 1.29 is 9.53 Å². The molecule has 2 N–H and O–H groups in total. The van der Waals surface area contributed by atoms with Gasteiger partial charge in [-0.05, 0) is 38.1 Å². The average molecular weight is 226 g/mol. The minimum atomic E-state index is -0.227. The lowest BCUT2D eigenvalue weighted by molar-refractivity contribution is -0.139. The van der Waals surface area contributed by atoms with Gasteiger partial charge in [0.15, 0.2) is 0 Å². The lowest BCUT2D eigenvalue weighted by Crippen LogP contribution is -2.46. The number of nitrogens with one attached hydrogen (secondary N) is 2. The van der Waals surface area contributed by atoms with Crippen LogP contribution in [0.15, 0.2) is 0 Å². The normalized spacial score (nSPS) is 36.6. The van der Waals surface area contributed by atoms with Crippen LogP contribution < -0.4 is 10.6 Å². The molecule has 2 aliphatic heterocycles. The highest BCUT2D eigenvalue weighted by atomic mass is 16.5. The fourth-order valence-electron chi connectivity index (χ4n) is 2.40. The van der Waals surface area contributed by atoms with Gasteiger partial charge in [0.2, 0.25) is 5.91 Å². The molecule has 4 nitrogen and oxygen atoms in total. The largest absolute Gasteiger partial charge is 0.364 e. The molecular weight excluding hydrogens is 204 g/mol. The van der Waals surface area contributed by atoms with Crippen molar-refractivity contribution >= 4 is 5.91 Å². The van der Waals surface area contributed by atoms with E-state index in [0.717, 1.165) is 45.3 Å². The Kier molecular flexibility index (Phi) is 4.18. The van der Waals surface area contributed by atoms with Gasteiger partial charge in [-0.25, -0.2) is 0 Å². The number of hydrogen-bond donors (Lipinski definition) is 2. The Morgan fingerprint density at radius 3 is 2.94 bits per heavy atom. The zero-order valence-corrected chi connectivity index (χ0v) is 10.00. The molecule has 0 spiro atoms. The molecule has 16 heavy (non-hydrogen) atoms. The summed E-state index contributed by atoms with van der Waals surface area (Å²) < 4.78 is 5.96. The zero-order chi connectivity index (χ0) is 11.4. The lowest BCUT2D eigenvalue weighted by atomic mass is 9.97. The molecule has 92 valence electrons. The van der Waals surface area contributed by atoms with E-state index in [1.54, 1.807) is 0 Å². The van der Waals surface area contributed by atoms with Gasteiger partial charge in [-0.3, -0.25) is 4.79 Å². The molecule has 0 aromatic heterocycles. The molecule has 0 aromatic rings. The number of hydrogen-bond acceptors (Lipinski definition) is 3. The summed E-state index contributed by atoms with van der Waals surface area (Å²) in [6, 6.07) is 0. The van der Waals surface area contributed by atoms with Crippen LogP contribution in [-0.2, 0) is 9.53 Å². The molecule has 2 saturated heterocycles. The molecule has 4 heteroatoms. The zero-order valence-electron chi connectivity index (χ0n) is 10.00. The van der Waals surface area contributed by atoms with Crippen LogP contribution in [-0.4, -0.2) is 37.7 Å². The maximum Gasteiger partial charge on any atom is 0.249 e.